The van der Waals surface area contributed by atoms with Gasteiger partial charge >= 0.3 is 5.97 Å². The maximum absolute atomic E-state index is 16.1. The lowest BCUT2D eigenvalue weighted by molar-refractivity contribution is 0.0519. The van der Waals surface area contributed by atoms with Crippen LogP contribution in [0.1, 0.15) is 55.5 Å². The lowest BCUT2D eigenvalue weighted by Crippen LogP contribution is -2.43. The summed E-state index contributed by atoms with van der Waals surface area (Å²) in [6, 6.07) is 16.0. The second-order valence-corrected chi connectivity index (χ2v) is 18.7. The van der Waals surface area contributed by atoms with Crippen molar-refractivity contribution in [1.29, 1.82) is 0 Å². The number of benzene rings is 2. The van der Waals surface area contributed by atoms with E-state index < -0.39 is 42.0 Å². The summed E-state index contributed by atoms with van der Waals surface area (Å²) in [7, 11) is -2.21. The summed E-state index contributed by atoms with van der Waals surface area (Å²) in [6.45, 7) is 13.5. The smallest absolute Gasteiger partial charge is 0.356 e. The molecule has 0 bridgehead atoms. The Hall–Kier alpha value is -3.05. The van der Waals surface area contributed by atoms with Crippen LogP contribution in [-0.4, -0.2) is 40.1 Å². The molecule has 0 spiro atoms. The maximum Gasteiger partial charge on any atom is 0.356 e. The molecule has 4 rings (SSSR count). The average molecular weight is 582 g/mol. The summed E-state index contributed by atoms with van der Waals surface area (Å²) < 4.78 is 43.0. The standard InChI is InChI=1S/C30H36FN3O4SSi/c1-8-37-29(35)24-18-26(40(5,6)7)27(31)23(32-24)17-22(34-39(36)30(2,3)4)19-13-9-10-14-20(19)28-21-15-11-12-16-25(21)38-33-28/h9-16,18,22,34H,8,17H2,1-7H3/t22?,39-/m0/s1. The number of nitrogens with one attached hydrogen (secondary N) is 1. The van der Waals surface area contributed by atoms with E-state index in [1.807, 2.05) is 88.9 Å². The van der Waals surface area contributed by atoms with E-state index in [-0.39, 0.29) is 24.4 Å². The van der Waals surface area contributed by atoms with E-state index in [0.717, 1.165) is 16.5 Å². The Labute approximate surface area is 238 Å². The summed E-state index contributed by atoms with van der Waals surface area (Å²) in [5.74, 6) is -1.04. The second kappa shape index (κ2) is 11.8. The highest BCUT2D eigenvalue weighted by molar-refractivity contribution is 7.90. The third-order valence-corrected chi connectivity index (χ3v) is 10.1. The molecule has 40 heavy (non-hydrogen) atoms. The Morgan fingerprint density at radius 3 is 2.50 bits per heavy atom. The van der Waals surface area contributed by atoms with Crippen molar-refractivity contribution in [3.63, 3.8) is 0 Å². The first-order chi connectivity index (χ1) is 18.8. The van der Waals surface area contributed by atoms with Crippen molar-refractivity contribution >= 4 is 41.6 Å². The molecule has 0 radical (unpaired) electrons. The summed E-state index contributed by atoms with van der Waals surface area (Å²) in [4.78, 5) is 17.2. The van der Waals surface area contributed by atoms with Crippen LogP contribution < -0.4 is 9.91 Å². The minimum atomic E-state index is -2.21. The van der Waals surface area contributed by atoms with Gasteiger partial charge in [0, 0.05) is 28.7 Å². The zero-order valence-corrected chi connectivity index (χ0v) is 25.8. The van der Waals surface area contributed by atoms with Crippen molar-refractivity contribution in [2.45, 2.75) is 64.5 Å². The Morgan fingerprint density at radius 1 is 1.15 bits per heavy atom. The van der Waals surface area contributed by atoms with Crippen molar-refractivity contribution in [2.75, 3.05) is 6.61 Å². The number of nitrogens with zero attached hydrogens (tertiary/aromatic N) is 2. The molecule has 2 heterocycles. The fourth-order valence-corrected chi connectivity index (χ4v) is 6.58. The molecule has 1 N–H and O–H groups in total. The monoisotopic (exact) mass is 581 g/mol. The van der Waals surface area contributed by atoms with E-state index in [9.17, 15) is 9.35 Å². The highest BCUT2D eigenvalue weighted by Crippen LogP contribution is 2.35. The van der Waals surface area contributed by atoms with Gasteiger partial charge in [-0.05, 0) is 56.6 Å². The number of aromatic nitrogens is 2. The number of pyridine rings is 1. The molecule has 0 amide bonds. The van der Waals surface area contributed by atoms with E-state index >= 15 is 4.39 Å². The van der Waals surface area contributed by atoms with E-state index in [2.05, 4.69) is 14.9 Å². The van der Waals surface area contributed by atoms with Crippen LogP contribution in [0.3, 0.4) is 0 Å². The van der Waals surface area contributed by atoms with Crippen LogP contribution in [-0.2, 0) is 22.5 Å². The minimum Gasteiger partial charge on any atom is -0.598 e. The van der Waals surface area contributed by atoms with Crippen LogP contribution in [0.2, 0.25) is 19.6 Å². The third kappa shape index (κ3) is 6.46. The van der Waals surface area contributed by atoms with E-state index in [1.165, 1.54) is 6.07 Å². The van der Waals surface area contributed by atoms with E-state index in [4.69, 9.17) is 9.26 Å². The minimum absolute atomic E-state index is 0.0468. The summed E-state index contributed by atoms with van der Waals surface area (Å²) >= 11 is -1.50. The molecule has 7 nitrogen and oxygen atoms in total. The molecule has 0 aliphatic heterocycles. The van der Waals surface area contributed by atoms with Gasteiger partial charge in [0.2, 0.25) is 0 Å². The average Bonchev–Trinajstić information content (AvgIpc) is 3.32. The second-order valence-electron chi connectivity index (χ2n) is 11.7. The number of carbonyl (C=O) groups excluding carboxylic acids is 1. The Kier molecular flexibility index (Phi) is 8.84. The third-order valence-electron chi connectivity index (χ3n) is 6.49. The molecule has 0 aliphatic carbocycles. The molecular weight excluding hydrogens is 545 g/mol. The summed E-state index contributed by atoms with van der Waals surface area (Å²) in [5, 5.41) is 5.67. The number of para-hydroxylation sites is 1. The first kappa shape index (κ1) is 29.9. The number of fused-ring (bicyclic) bond motifs is 1. The van der Waals surface area contributed by atoms with Gasteiger partial charge in [-0.15, -0.1) is 4.72 Å². The van der Waals surface area contributed by atoms with Crippen molar-refractivity contribution in [3.05, 3.63) is 77.4 Å². The molecule has 2 aromatic carbocycles. The first-order valence-electron chi connectivity index (χ1n) is 13.3. The van der Waals surface area contributed by atoms with Gasteiger partial charge in [0.1, 0.15) is 22.0 Å². The first-order valence-corrected chi connectivity index (χ1v) is 17.9. The number of esters is 1. The molecular formula is C30H36FN3O4SSi. The fraction of sp³-hybridized carbons (Fsp3) is 0.367. The van der Waals surface area contributed by atoms with Gasteiger partial charge in [0.05, 0.1) is 26.4 Å². The number of hydrogen-bond acceptors (Lipinski definition) is 7. The molecule has 2 aromatic heterocycles. The SMILES string of the molecule is CCOC(=O)c1cc([Si](C)(C)C)c(F)c(CC(N[S@@+]([O-])C(C)(C)C)c2ccccc2-c2noc3ccccc23)n1. The molecule has 10 heteroatoms. The molecule has 212 valence electrons. The highest BCUT2D eigenvalue weighted by atomic mass is 32.2. The van der Waals surface area contributed by atoms with Crippen molar-refractivity contribution < 1.29 is 23.0 Å². The number of rotatable bonds is 9. The number of carbonyl (C=O) groups is 1. The van der Waals surface area contributed by atoms with Crippen molar-refractivity contribution in [3.8, 4) is 11.3 Å². The maximum atomic E-state index is 16.1. The Balaban J connectivity index is 1.88. The zero-order valence-electron chi connectivity index (χ0n) is 24.0. The quantitative estimate of drug-likeness (QED) is 0.145. The fourth-order valence-electron chi connectivity index (χ4n) is 4.38. The number of ether oxygens (including phenoxy) is 1. The number of hydrogen-bond donors (Lipinski definition) is 1. The van der Waals surface area contributed by atoms with Crippen molar-refractivity contribution in [1.82, 2.24) is 14.9 Å². The molecule has 0 aliphatic rings. The highest BCUT2D eigenvalue weighted by Gasteiger charge is 2.34. The van der Waals surface area contributed by atoms with E-state index in [0.29, 0.717) is 16.5 Å². The summed E-state index contributed by atoms with van der Waals surface area (Å²) in [5.41, 5.74) is 2.99. The van der Waals surface area contributed by atoms with Crippen LogP contribution in [0.5, 0.6) is 0 Å². The largest absolute Gasteiger partial charge is 0.598 e. The normalized spacial score (nSPS) is 13.8. The van der Waals surface area contributed by atoms with E-state index in [1.54, 1.807) is 6.92 Å². The Bertz CT molecular complexity index is 1510. The Morgan fingerprint density at radius 2 is 1.82 bits per heavy atom. The molecule has 0 fully saturated rings. The van der Waals surface area contributed by atoms with Gasteiger partial charge in [-0.25, -0.2) is 14.2 Å². The van der Waals surface area contributed by atoms with Gasteiger partial charge in [0.25, 0.3) is 0 Å². The van der Waals surface area contributed by atoms with Gasteiger partial charge in [-0.1, -0.05) is 61.2 Å². The van der Waals surface area contributed by atoms with Gasteiger partial charge in [-0.2, -0.15) is 0 Å². The van der Waals surface area contributed by atoms with Crippen LogP contribution in [0.15, 0.2) is 59.1 Å². The molecule has 4 aromatic rings. The molecule has 1 unspecified atom stereocenters. The predicted octanol–water partition coefficient (Wildman–Crippen LogP) is 6.09. The lowest BCUT2D eigenvalue weighted by atomic mass is 9.94. The predicted molar refractivity (Wildman–Crippen MR) is 160 cm³/mol. The lowest BCUT2D eigenvalue weighted by Gasteiger charge is -2.29. The number of halogens is 1. The molecule has 0 saturated heterocycles. The summed E-state index contributed by atoms with van der Waals surface area (Å²) in [6.07, 6.45) is 0.0468. The van der Waals surface area contributed by atoms with Crippen LogP contribution in [0.4, 0.5) is 4.39 Å². The van der Waals surface area contributed by atoms with Crippen LogP contribution >= 0.6 is 0 Å². The van der Waals surface area contributed by atoms with Crippen LogP contribution in [0.25, 0.3) is 22.2 Å². The van der Waals surface area contributed by atoms with Gasteiger partial charge in [0.15, 0.2) is 5.58 Å². The molecule has 0 saturated carbocycles. The van der Waals surface area contributed by atoms with Crippen molar-refractivity contribution in [2.24, 2.45) is 0 Å². The zero-order chi connectivity index (χ0) is 29.2. The van der Waals surface area contributed by atoms with Gasteiger partial charge < -0.3 is 13.8 Å². The van der Waals surface area contributed by atoms with Crippen LogP contribution in [0, 0.1) is 5.82 Å². The van der Waals surface area contributed by atoms with Gasteiger partial charge in [-0.3, -0.25) is 0 Å². The molecule has 2 atom stereocenters. The topological polar surface area (TPSA) is 100 Å².